The third-order valence-corrected chi connectivity index (χ3v) is 5.70. The van der Waals surface area contributed by atoms with E-state index in [1.165, 1.54) is 21.8 Å². The van der Waals surface area contributed by atoms with E-state index in [9.17, 15) is 0 Å². The summed E-state index contributed by atoms with van der Waals surface area (Å²) in [6, 6.07) is 36.1. The van der Waals surface area contributed by atoms with Crippen molar-refractivity contribution >= 4 is 33.2 Å². The molecule has 2 nitrogen and oxygen atoms in total. The summed E-state index contributed by atoms with van der Waals surface area (Å²) in [6.07, 6.45) is 5.65. The van der Waals surface area contributed by atoms with E-state index in [4.69, 9.17) is 0 Å². The summed E-state index contributed by atoms with van der Waals surface area (Å²) in [7, 11) is 0. The van der Waals surface area contributed by atoms with Gasteiger partial charge >= 0.3 is 0 Å². The van der Waals surface area contributed by atoms with Crippen LogP contribution in [0.15, 0.2) is 140 Å². The van der Waals surface area contributed by atoms with Gasteiger partial charge in [-0.15, -0.1) is 0 Å². The van der Waals surface area contributed by atoms with Gasteiger partial charge in [-0.05, 0) is 60.7 Å². The zero-order valence-electron chi connectivity index (χ0n) is 17.9. The van der Waals surface area contributed by atoms with Gasteiger partial charge in [-0.1, -0.05) is 73.8 Å². The van der Waals surface area contributed by atoms with Crippen molar-refractivity contribution in [1.29, 1.82) is 0 Å². The van der Waals surface area contributed by atoms with Gasteiger partial charge in [0.2, 0.25) is 0 Å². The first kappa shape index (κ1) is 19.7. The molecule has 0 aliphatic carbocycles. The van der Waals surface area contributed by atoms with Crippen LogP contribution in [0.3, 0.4) is 0 Å². The second-order valence-electron chi connectivity index (χ2n) is 7.59. The molecule has 0 N–H and O–H groups in total. The third kappa shape index (κ3) is 3.32. The molecule has 154 valence electrons. The Morgan fingerprint density at radius 2 is 1.31 bits per heavy atom. The summed E-state index contributed by atoms with van der Waals surface area (Å²) in [6.45, 7) is 7.94. The van der Waals surface area contributed by atoms with Crippen LogP contribution in [0.25, 0.3) is 27.5 Å². The van der Waals surface area contributed by atoms with Crippen LogP contribution in [0, 0.1) is 0 Å². The Balaban J connectivity index is 1.79. The molecule has 0 aliphatic heterocycles. The molecule has 0 fully saturated rings. The lowest BCUT2D eigenvalue weighted by Crippen LogP contribution is -2.14. The quantitative estimate of drug-likeness (QED) is 0.255. The minimum Gasteiger partial charge on any atom is -0.311 e. The molecule has 0 amide bonds. The van der Waals surface area contributed by atoms with E-state index < -0.39 is 0 Å². The number of allylic oxidation sites excluding steroid dienone is 3. The lowest BCUT2D eigenvalue weighted by Gasteiger charge is -2.26. The molecule has 0 saturated carbocycles. The van der Waals surface area contributed by atoms with Gasteiger partial charge in [0.1, 0.15) is 0 Å². The third-order valence-electron chi connectivity index (χ3n) is 5.70. The predicted molar refractivity (Wildman–Crippen MR) is 138 cm³/mol. The Kier molecular flexibility index (Phi) is 5.19. The first-order valence-corrected chi connectivity index (χ1v) is 10.7. The first-order chi connectivity index (χ1) is 15.8. The van der Waals surface area contributed by atoms with Crippen LogP contribution < -0.4 is 4.90 Å². The molecule has 0 saturated heterocycles. The van der Waals surface area contributed by atoms with Crippen molar-refractivity contribution < 1.29 is 0 Å². The van der Waals surface area contributed by atoms with E-state index >= 15 is 0 Å². The fourth-order valence-corrected chi connectivity index (χ4v) is 4.33. The highest BCUT2D eigenvalue weighted by atomic mass is 15.1. The van der Waals surface area contributed by atoms with Crippen molar-refractivity contribution in [2.45, 2.75) is 0 Å². The van der Waals surface area contributed by atoms with Crippen LogP contribution in [0.4, 0.5) is 11.4 Å². The summed E-state index contributed by atoms with van der Waals surface area (Å²) >= 11 is 0. The lowest BCUT2D eigenvalue weighted by atomic mass is 10.1. The summed E-state index contributed by atoms with van der Waals surface area (Å²) < 4.78 is 2.33. The molecule has 5 rings (SSSR count). The van der Waals surface area contributed by atoms with Crippen LogP contribution in [0.5, 0.6) is 0 Å². The van der Waals surface area contributed by atoms with Gasteiger partial charge < -0.3 is 9.47 Å². The Hall–Kier alpha value is -4.30. The molecule has 0 unspecified atom stereocenters. The van der Waals surface area contributed by atoms with Crippen molar-refractivity contribution in [3.63, 3.8) is 0 Å². The lowest BCUT2D eigenvalue weighted by molar-refractivity contribution is 1.18. The highest BCUT2D eigenvalue weighted by molar-refractivity contribution is 6.10. The second-order valence-corrected chi connectivity index (χ2v) is 7.59. The van der Waals surface area contributed by atoms with Crippen molar-refractivity contribution in [3.05, 3.63) is 140 Å². The standard InChI is InChI=1S/C30H24N2/c1-3-13-23(4-2)31(24-14-7-5-8-15-24)26-20-21-30-28(22-26)27-18-11-12-19-29(27)32(30)25-16-9-6-10-17-25/h3-22H,1-2H2/b23-13+. The average molecular weight is 413 g/mol. The summed E-state index contributed by atoms with van der Waals surface area (Å²) in [5.74, 6) is 0. The topological polar surface area (TPSA) is 8.17 Å². The van der Waals surface area contributed by atoms with Crippen LogP contribution in [-0.2, 0) is 0 Å². The van der Waals surface area contributed by atoms with Crippen molar-refractivity contribution in [3.8, 4) is 5.69 Å². The molecule has 5 aromatic rings. The number of anilines is 2. The maximum Gasteiger partial charge on any atom is 0.0542 e. The molecule has 1 aromatic heterocycles. The molecule has 0 spiro atoms. The van der Waals surface area contributed by atoms with Crippen molar-refractivity contribution in [2.24, 2.45) is 0 Å². The van der Waals surface area contributed by atoms with Crippen molar-refractivity contribution in [1.82, 2.24) is 4.57 Å². The van der Waals surface area contributed by atoms with E-state index in [0.29, 0.717) is 0 Å². The molecule has 0 radical (unpaired) electrons. The molecule has 1 heterocycles. The van der Waals surface area contributed by atoms with E-state index in [-0.39, 0.29) is 0 Å². The van der Waals surface area contributed by atoms with Gasteiger partial charge in [0.05, 0.1) is 11.0 Å². The number of nitrogens with zero attached hydrogens (tertiary/aromatic N) is 2. The number of benzene rings is 4. The summed E-state index contributed by atoms with van der Waals surface area (Å²) in [4.78, 5) is 2.21. The van der Waals surface area contributed by atoms with E-state index in [2.05, 4.69) is 120 Å². The van der Waals surface area contributed by atoms with Gasteiger partial charge in [-0.25, -0.2) is 0 Å². The monoisotopic (exact) mass is 412 g/mol. The van der Waals surface area contributed by atoms with Crippen LogP contribution in [0.1, 0.15) is 0 Å². The molecular weight excluding hydrogens is 388 g/mol. The van der Waals surface area contributed by atoms with Gasteiger partial charge in [-0.3, -0.25) is 0 Å². The second kappa shape index (κ2) is 8.44. The number of hydrogen-bond acceptors (Lipinski definition) is 1. The summed E-state index contributed by atoms with van der Waals surface area (Å²) in [5.41, 5.74) is 6.66. The zero-order chi connectivity index (χ0) is 21.9. The first-order valence-electron chi connectivity index (χ1n) is 10.7. The zero-order valence-corrected chi connectivity index (χ0v) is 17.9. The Morgan fingerprint density at radius 1 is 0.656 bits per heavy atom. The van der Waals surface area contributed by atoms with Crippen LogP contribution in [0.2, 0.25) is 0 Å². The fourth-order valence-electron chi connectivity index (χ4n) is 4.33. The van der Waals surface area contributed by atoms with Gasteiger partial charge in [0, 0.05) is 33.5 Å². The number of rotatable bonds is 6. The molecule has 0 bridgehead atoms. The van der Waals surface area contributed by atoms with Crippen LogP contribution >= 0.6 is 0 Å². The highest BCUT2D eigenvalue weighted by Crippen LogP contribution is 2.37. The summed E-state index contributed by atoms with van der Waals surface area (Å²) in [5, 5.41) is 2.44. The van der Waals surface area contributed by atoms with Crippen LogP contribution in [-0.4, -0.2) is 4.57 Å². The van der Waals surface area contributed by atoms with Crippen molar-refractivity contribution in [2.75, 3.05) is 4.90 Å². The predicted octanol–water partition coefficient (Wildman–Crippen LogP) is 8.18. The number of hydrogen-bond donors (Lipinski definition) is 0. The Bertz CT molecular complexity index is 1440. The minimum absolute atomic E-state index is 0.970. The highest BCUT2D eigenvalue weighted by Gasteiger charge is 2.16. The maximum atomic E-state index is 4.05. The normalized spacial score (nSPS) is 11.6. The minimum atomic E-state index is 0.970. The molecular formula is C30H24N2. The SMILES string of the molecule is C=C/C=C(\C=C)N(c1ccccc1)c1ccc2c(c1)c1ccccc1n2-c1ccccc1. The van der Waals surface area contributed by atoms with E-state index in [0.717, 1.165) is 22.8 Å². The number of fused-ring (bicyclic) bond motifs is 3. The van der Waals surface area contributed by atoms with E-state index in [1.54, 1.807) is 6.08 Å². The maximum absolute atomic E-state index is 4.05. The average Bonchev–Trinajstić information content (AvgIpc) is 3.19. The fraction of sp³-hybridized carbons (Fsp3) is 0. The molecule has 2 heteroatoms. The van der Waals surface area contributed by atoms with Gasteiger partial charge in [0.25, 0.3) is 0 Å². The Labute approximate surface area is 188 Å². The molecule has 0 atom stereocenters. The number of para-hydroxylation sites is 3. The van der Waals surface area contributed by atoms with Gasteiger partial charge in [-0.2, -0.15) is 0 Å². The number of aromatic nitrogens is 1. The molecule has 0 aliphatic rings. The smallest absolute Gasteiger partial charge is 0.0542 e. The Morgan fingerprint density at radius 3 is 2.03 bits per heavy atom. The van der Waals surface area contributed by atoms with Gasteiger partial charge in [0.15, 0.2) is 0 Å². The van der Waals surface area contributed by atoms with E-state index in [1.807, 2.05) is 18.2 Å². The molecule has 4 aromatic carbocycles. The molecule has 32 heavy (non-hydrogen) atoms. The largest absolute Gasteiger partial charge is 0.311 e.